The summed E-state index contributed by atoms with van der Waals surface area (Å²) in [6, 6.07) is 0.104. The minimum absolute atomic E-state index is 0.104. The number of nitrogen functional groups attached to an aromatic ring is 1. The summed E-state index contributed by atoms with van der Waals surface area (Å²) in [6.45, 7) is 0. The fourth-order valence-electron chi connectivity index (χ4n) is 3.04. The fraction of sp³-hybridized carbons (Fsp3) is 0.462. The summed E-state index contributed by atoms with van der Waals surface area (Å²) in [5.41, 5.74) is 7.03. The Balaban J connectivity index is 1.59. The second-order valence-corrected chi connectivity index (χ2v) is 6.24. The Kier molecular flexibility index (Phi) is 2.64. The van der Waals surface area contributed by atoms with E-state index in [0.29, 0.717) is 27.0 Å². The van der Waals surface area contributed by atoms with E-state index in [4.69, 9.17) is 10.5 Å². The summed E-state index contributed by atoms with van der Waals surface area (Å²) in [4.78, 5) is 21.9. The van der Waals surface area contributed by atoms with Gasteiger partial charge in [-0.05, 0) is 19.3 Å². The Morgan fingerprint density at radius 3 is 2.95 bits per heavy atom. The first-order valence-electron chi connectivity index (χ1n) is 6.67. The number of hydrogen-bond acceptors (Lipinski definition) is 6. The third-order valence-electron chi connectivity index (χ3n) is 3.99. The summed E-state index contributed by atoms with van der Waals surface area (Å²) >= 11 is 1.28. The van der Waals surface area contributed by atoms with Crippen molar-refractivity contribution in [3.8, 4) is 0 Å². The number of rotatable bonds is 2. The minimum atomic E-state index is -0.145. The summed E-state index contributed by atoms with van der Waals surface area (Å²) < 4.78 is 5.74. The third-order valence-corrected chi connectivity index (χ3v) is 5.09. The Morgan fingerprint density at radius 1 is 1.40 bits per heavy atom. The maximum atomic E-state index is 12.4. The number of carbonyl (C=O) groups excluding carboxylic acids is 1. The molecule has 2 aromatic heterocycles. The lowest BCUT2D eigenvalue weighted by Gasteiger charge is -2.19. The molecule has 2 aliphatic heterocycles. The van der Waals surface area contributed by atoms with Crippen molar-refractivity contribution >= 4 is 33.3 Å². The quantitative estimate of drug-likeness (QED) is 0.870. The molecule has 0 spiro atoms. The van der Waals surface area contributed by atoms with Crippen LogP contribution in [0, 0.1) is 0 Å². The molecule has 2 aliphatic rings. The lowest BCUT2D eigenvalue weighted by atomic mass is 9.95. The third kappa shape index (κ3) is 1.77. The molecule has 0 aromatic carbocycles. The average Bonchev–Trinajstić information content (AvgIpc) is 3.14. The molecule has 2 fully saturated rings. The molecule has 7 heteroatoms. The van der Waals surface area contributed by atoms with Crippen LogP contribution in [0.25, 0.3) is 10.3 Å². The molecular formula is C13H14N4O2S. The van der Waals surface area contributed by atoms with Crippen molar-refractivity contribution in [1.82, 2.24) is 15.3 Å². The summed E-state index contributed by atoms with van der Waals surface area (Å²) in [5, 5.41) is 3.04. The molecule has 2 saturated heterocycles. The van der Waals surface area contributed by atoms with Crippen LogP contribution in [0.4, 0.5) is 5.69 Å². The highest BCUT2D eigenvalue weighted by Gasteiger charge is 2.41. The van der Waals surface area contributed by atoms with Crippen LogP contribution in [-0.2, 0) is 4.74 Å². The van der Waals surface area contributed by atoms with Gasteiger partial charge in [-0.1, -0.05) is 0 Å². The number of fused-ring (bicyclic) bond motifs is 3. The van der Waals surface area contributed by atoms with Crippen molar-refractivity contribution in [2.24, 2.45) is 0 Å². The number of anilines is 1. The van der Waals surface area contributed by atoms with Crippen LogP contribution in [0.2, 0.25) is 0 Å². The van der Waals surface area contributed by atoms with Gasteiger partial charge in [0.15, 0.2) is 0 Å². The van der Waals surface area contributed by atoms with E-state index in [2.05, 4.69) is 15.3 Å². The van der Waals surface area contributed by atoms with Gasteiger partial charge in [-0.3, -0.25) is 4.79 Å². The minimum Gasteiger partial charge on any atom is -0.396 e. The Morgan fingerprint density at radius 2 is 2.25 bits per heavy atom. The van der Waals surface area contributed by atoms with E-state index < -0.39 is 0 Å². The number of nitrogens with two attached hydrogens (primary N) is 1. The topological polar surface area (TPSA) is 90.1 Å². The van der Waals surface area contributed by atoms with Crippen molar-refractivity contribution in [2.75, 3.05) is 5.73 Å². The largest absolute Gasteiger partial charge is 0.396 e. The highest BCUT2D eigenvalue weighted by Crippen LogP contribution is 2.35. The van der Waals surface area contributed by atoms with E-state index in [-0.39, 0.29) is 18.1 Å². The van der Waals surface area contributed by atoms with E-state index in [0.717, 1.165) is 19.3 Å². The SMILES string of the molecule is Nc1c(C(=O)NC2CC3CCC2O3)sc2nccnc12. The van der Waals surface area contributed by atoms with Crippen LogP contribution in [0.5, 0.6) is 0 Å². The van der Waals surface area contributed by atoms with Crippen molar-refractivity contribution in [1.29, 1.82) is 0 Å². The molecule has 20 heavy (non-hydrogen) atoms. The maximum Gasteiger partial charge on any atom is 0.263 e. The van der Waals surface area contributed by atoms with Crippen molar-refractivity contribution in [3.63, 3.8) is 0 Å². The first kappa shape index (κ1) is 12.0. The second-order valence-electron chi connectivity index (χ2n) is 5.24. The lowest BCUT2D eigenvalue weighted by Crippen LogP contribution is -2.41. The van der Waals surface area contributed by atoms with Crippen molar-refractivity contribution < 1.29 is 9.53 Å². The predicted octanol–water partition coefficient (Wildman–Crippen LogP) is 1.32. The lowest BCUT2D eigenvalue weighted by molar-refractivity contribution is 0.0844. The molecule has 4 heterocycles. The number of ether oxygens (including phenoxy) is 1. The molecule has 1 amide bonds. The molecule has 6 nitrogen and oxygen atoms in total. The zero-order valence-electron chi connectivity index (χ0n) is 10.7. The van der Waals surface area contributed by atoms with Gasteiger partial charge in [0, 0.05) is 12.4 Å². The molecule has 0 aliphatic carbocycles. The number of aromatic nitrogens is 2. The van der Waals surface area contributed by atoms with Crippen LogP contribution >= 0.6 is 11.3 Å². The fourth-order valence-corrected chi connectivity index (χ4v) is 3.96. The van der Waals surface area contributed by atoms with E-state index >= 15 is 0 Å². The van der Waals surface area contributed by atoms with Crippen molar-refractivity contribution in [3.05, 3.63) is 17.3 Å². The molecule has 3 unspecified atom stereocenters. The first-order valence-corrected chi connectivity index (χ1v) is 7.49. The van der Waals surface area contributed by atoms with Gasteiger partial charge in [-0.25, -0.2) is 9.97 Å². The van der Waals surface area contributed by atoms with E-state index in [1.165, 1.54) is 11.3 Å². The molecule has 4 rings (SSSR count). The number of nitrogens with zero attached hydrogens (tertiary/aromatic N) is 2. The highest BCUT2D eigenvalue weighted by atomic mass is 32.1. The van der Waals surface area contributed by atoms with Gasteiger partial charge in [0.25, 0.3) is 5.91 Å². The van der Waals surface area contributed by atoms with Gasteiger partial charge in [0.2, 0.25) is 0 Å². The second kappa shape index (κ2) is 4.39. The summed E-state index contributed by atoms with van der Waals surface area (Å²) in [5.74, 6) is -0.145. The van der Waals surface area contributed by atoms with Gasteiger partial charge in [-0.2, -0.15) is 0 Å². The zero-order chi connectivity index (χ0) is 13.7. The van der Waals surface area contributed by atoms with Crippen LogP contribution in [0.3, 0.4) is 0 Å². The number of nitrogens with one attached hydrogen (secondary N) is 1. The highest BCUT2D eigenvalue weighted by molar-refractivity contribution is 7.21. The Labute approximate surface area is 119 Å². The van der Waals surface area contributed by atoms with Gasteiger partial charge < -0.3 is 15.8 Å². The van der Waals surface area contributed by atoms with E-state index in [1.54, 1.807) is 12.4 Å². The molecule has 3 N–H and O–H groups in total. The van der Waals surface area contributed by atoms with Gasteiger partial charge >= 0.3 is 0 Å². The maximum absolute atomic E-state index is 12.4. The summed E-state index contributed by atoms with van der Waals surface area (Å²) in [6.07, 6.45) is 6.69. The average molecular weight is 290 g/mol. The van der Waals surface area contributed by atoms with Crippen LogP contribution in [0.1, 0.15) is 28.9 Å². The number of amides is 1. The molecular weight excluding hydrogens is 276 g/mol. The van der Waals surface area contributed by atoms with Crippen LogP contribution in [0.15, 0.2) is 12.4 Å². The van der Waals surface area contributed by atoms with Crippen LogP contribution in [-0.4, -0.2) is 34.1 Å². The van der Waals surface area contributed by atoms with Gasteiger partial charge in [0.1, 0.15) is 15.2 Å². The van der Waals surface area contributed by atoms with E-state index in [9.17, 15) is 4.79 Å². The number of carbonyl (C=O) groups is 1. The van der Waals surface area contributed by atoms with Crippen molar-refractivity contribution in [2.45, 2.75) is 37.5 Å². The standard InChI is InChI=1S/C13H14N4O2S/c14-9-10-13(16-4-3-15-10)20-11(9)12(18)17-7-5-6-1-2-8(7)19-6/h3-4,6-8H,1-2,5,14H2,(H,17,18). The zero-order valence-corrected chi connectivity index (χ0v) is 11.5. The Hall–Kier alpha value is -1.73. The predicted molar refractivity (Wildman–Crippen MR) is 75.6 cm³/mol. The normalized spacial score (nSPS) is 28.1. The number of thiophene rings is 1. The van der Waals surface area contributed by atoms with Gasteiger partial charge in [-0.15, -0.1) is 11.3 Å². The Bertz CT molecular complexity index is 686. The van der Waals surface area contributed by atoms with E-state index in [1.807, 2.05) is 0 Å². The molecule has 0 radical (unpaired) electrons. The monoisotopic (exact) mass is 290 g/mol. The summed E-state index contributed by atoms with van der Waals surface area (Å²) in [7, 11) is 0. The van der Waals surface area contributed by atoms with Gasteiger partial charge in [0.05, 0.1) is 23.9 Å². The molecule has 0 saturated carbocycles. The molecule has 2 aromatic rings. The molecule has 104 valence electrons. The molecule has 2 bridgehead atoms. The number of hydrogen-bond donors (Lipinski definition) is 2. The molecule has 3 atom stereocenters. The smallest absolute Gasteiger partial charge is 0.263 e. The first-order chi connectivity index (χ1) is 9.72. The van der Waals surface area contributed by atoms with Crippen LogP contribution < -0.4 is 11.1 Å².